The number of thiophene rings is 1. The van der Waals surface area contributed by atoms with Crippen molar-refractivity contribution >= 4 is 33.0 Å². The Labute approximate surface area is 204 Å². The number of nitrogens with two attached hydrogens (primary N) is 1. The Morgan fingerprint density at radius 1 is 1.21 bits per heavy atom. The van der Waals surface area contributed by atoms with Gasteiger partial charge < -0.3 is 10.4 Å². The van der Waals surface area contributed by atoms with Crippen LogP contribution in [0.5, 0.6) is 0 Å². The van der Waals surface area contributed by atoms with Crippen molar-refractivity contribution in [1.82, 2.24) is 4.98 Å². The quantitative estimate of drug-likeness (QED) is 0.500. The molecule has 2 aromatic heterocycles. The summed E-state index contributed by atoms with van der Waals surface area (Å²) in [6.45, 7) is 2.83. The average Bonchev–Trinajstić information content (AvgIpc) is 3.10. The molecule has 1 amide bonds. The first-order chi connectivity index (χ1) is 16.0. The van der Waals surface area contributed by atoms with E-state index in [1.807, 2.05) is 6.07 Å². The SMILES string of the molecule is CC(C)(O)c1c(C(=O)Nc2c(CC3CCC3)cncc2CC2CCC2)sc(S(N)(=O)=O)c1C#N. The van der Waals surface area contributed by atoms with Crippen LogP contribution >= 0.6 is 11.3 Å². The maximum atomic E-state index is 13.6. The molecule has 2 fully saturated rings. The van der Waals surface area contributed by atoms with E-state index in [0.29, 0.717) is 28.9 Å². The van der Waals surface area contributed by atoms with Gasteiger partial charge in [0, 0.05) is 18.0 Å². The number of nitriles is 1. The Balaban J connectivity index is 1.76. The first kappa shape index (κ1) is 24.8. The van der Waals surface area contributed by atoms with Crippen LogP contribution in [0.4, 0.5) is 5.69 Å². The number of nitrogens with zero attached hydrogens (tertiary/aromatic N) is 2. The number of rotatable bonds is 8. The van der Waals surface area contributed by atoms with Gasteiger partial charge >= 0.3 is 0 Å². The van der Waals surface area contributed by atoms with E-state index in [0.717, 1.165) is 49.7 Å². The lowest BCUT2D eigenvalue weighted by Gasteiger charge is -2.29. The summed E-state index contributed by atoms with van der Waals surface area (Å²) in [5.41, 5.74) is 0.691. The van der Waals surface area contributed by atoms with Gasteiger partial charge in [0.15, 0.2) is 4.21 Å². The third kappa shape index (κ3) is 5.03. The Morgan fingerprint density at radius 2 is 1.74 bits per heavy atom. The van der Waals surface area contributed by atoms with Crippen molar-refractivity contribution in [2.45, 2.75) is 75.0 Å². The van der Waals surface area contributed by atoms with Crippen LogP contribution in [0.25, 0.3) is 0 Å². The molecule has 4 N–H and O–H groups in total. The molecule has 8 nitrogen and oxygen atoms in total. The van der Waals surface area contributed by atoms with Crippen molar-refractivity contribution in [1.29, 1.82) is 5.26 Å². The van der Waals surface area contributed by atoms with E-state index in [1.54, 1.807) is 12.4 Å². The number of carbonyl (C=O) groups is 1. The lowest BCUT2D eigenvalue weighted by Crippen LogP contribution is -2.24. The molecule has 2 saturated carbocycles. The van der Waals surface area contributed by atoms with Crippen LogP contribution in [0, 0.1) is 23.2 Å². The summed E-state index contributed by atoms with van der Waals surface area (Å²) in [5, 5.41) is 28.7. The fraction of sp³-hybridized carbons (Fsp3) is 0.542. The molecular formula is C24H30N4O4S2. The minimum absolute atomic E-state index is 0.0309. The van der Waals surface area contributed by atoms with Crippen molar-refractivity contribution in [3.63, 3.8) is 0 Å². The molecule has 2 aromatic rings. The van der Waals surface area contributed by atoms with Gasteiger partial charge in [-0.25, -0.2) is 13.6 Å². The number of carbonyl (C=O) groups excluding carboxylic acids is 1. The lowest BCUT2D eigenvalue weighted by atomic mass is 9.79. The smallest absolute Gasteiger partial charge is 0.266 e. The van der Waals surface area contributed by atoms with E-state index in [9.17, 15) is 23.6 Å². The number of hydrogen-bond donors (Lipinski definition) is 3. The first-order valence-electron chi connectivity index (χ1n) is 11.6. The Bertz CT molecular complexity index is 1210. The summed E-state index contributed by atoms with van der Waals surface area (Å²) in [6, 6.07) is 1.82. The zero-order valence-electron chi connectivity index (χ0n) is 19.4. The van der Waals surface area contributed by atoms with Crippen LogP contribution in [-0.4, -0.2) is 24.4 Å². The van der Waals surface area contributed by atoms with Crippen molar-refractivity contribution in [2.75, 3.05) is 5.32 Å². The van der Waals surface area contributed by atoms with E-state index >= 15 is 0 Å². The van der Waals surface area contributed by atoms with E-state index in [4.69, 9.17) is 5.14 Å². The Morgan fingerprint density at radius 3 is 2.12 bits per heavy atom. The second-order valence-electron chi connectivity index (χ2n) is 9.97. The van der Waals surface area contributed by atoms with Crippen LogP contribution in [0.1, 0.15) is 84.3 Å². The predicted octanol–water partition coefficient (Wildman–Crippen LogP) is 3.83. The summed E-state index contributed by atoms with van der Waals surface area (Å²) in [7, 11) is -4.26. The Hall–Kier alpha value is -2.32. The number of nitrogens with one attached hydrogen (secondary N) is 1. The molecule has 4 rings (SSSR count). The van der Waals surface area contributed by atoms with Crippen molar-refractivity contribution in [3.8, 4) is 6.07 Å². The molecule has 34 heavy (non-hydrogen) atoms. The maximum absolute atomic E-state index is 13.6. The summed E-state index contributed by atoms with van der Waals surface area (Å²) in [5.74, 6) is 0.554. The lowest BCUT2D eigenvalue weighted by molar-refractivity contribution is 0.0761. The molecule has 0 aliphatic heterocycles. The highest BCUT2D eigenvalue weighted by Crippen LogP contribution is 2.40. The van der Waals surface area contributed by atoms with Crippen molar-refractivity contribution < 1.29 is 18.3 Å². The van der Waals surface area contributed by atoms with Crippen molar-refractivity contribution in [3.05, 3.63) is 39.5 Å². The number of anilines is 1. The number of aliphatic hydroxyl groups is 1. The third-order valence-electron chi connectivity index (χ3n) is 6.87. The van der Waals surface area contributed by atoms with Crippen LogP contribution in [-0.2, 0) is 28.5 Å². The normalized spacial score (nSPS) is 17.0. The maximum Gasteiger partial charge on any atom is 0.266 e. The van der Waals surface area contributed by atoms with E-state index in [-0.39, 0.29) is 16.0 Å². The van der Waals surface area contributed by atoms with Gasteiger partial charge in [-0.05, 0) is 49.7 Å². The predicted molar refractivity (Wildman–Crippen MR) is 130 cm³/mol. The molecule has 0 unspecified atom stereocenters. The van der Waals surface area contributed by atoms with Gasteiger partial charge in [0.1, 0.15) is 10.9 Å². The largest absolute Gasteiger partial charge is 0.386 e. The molecular weight excluding hydrogens is 472 g/mol. The van der Waals surface area contributed by atoms with Crippen LogP contribution < -0.4 is 10.5 Å². The minimum atomic E-state index is -4.26. The number of primary sulfonamides is 1. The van der Waals surface area contributed by atoms with E-state index < -0.39 is 25.7 Å². The van der Waals surface area contributed by atoms with Gasteiger partial charge in [-0.15, -0.1) is 11.3 Å². The molecule has 0 bridgehead atoms. The van der Waals surface area contributed by atoms with Gasteiger partial charge in [0.05, 0.1) is 16.9 Å². The molecule has 0 saturated heterocycles. The molecule has 2 aliphatic carbocycles. The molecule has 10 heteroatoms. The Kier molecular flexibility index (Phi) is 6.84. The number of pyridine rings is 1. The molecule has 0 atom stereocenters. The summed E-state index contributed by atoms with van der Waals surface area (Å²) >= 11 is 0.620. The molecule has 0 radical (unpaired) electrons. The second-order valence-corrected chi connectivity index (χ2v) is 12.8. The van der Waals surface area contributed by atoms with Gasteiger partial charge in [0.25, 0.3) is 5.91 Å². The van der Waals surface area contributed by atoms with Gasteiger partial charge in [-0.1, -0.05) is 38.5 Å². The third-order valence-corrected chi connectivity index (χ3v) is 9.52. The number of aromatic nitrogens is 1. The average molecular weight is 503 g/mol. The van der Waals surface area contributed by atoms with Crippen LogP contribution in [0.2, 0.25) is 0 Å². The van der Waals surface area contributed by atoms with E-state index in [2.05, 4.69) is 10.3 Å². The second kappa shape index (κ2) is 9.38. The van der Waals surface area contributed by atoms with Gasteiger partial charge in [-0.3, -0.25) is 9.78 Å². The van der Waals surface area contributed by atoms with E-state index in [1.165, 1.54) is 26.7 Å². The highest BCUT2D eigenvalue weighted by molar-refractivity contribution is 7.91. The number of hydrogen-bond acceptors (Lipinski definition) is 7. The van der Waals surface area contributed by atoms with Gasteiger partial charge in [-0.2, -0.15) is 5.26 Å². The highest BCUT2D eigenvalue weighted by Gasteiger charge is 2.36. The van der Waals surface area contributed by atoms with Crippen LogP contribution in [0.15, 0.2) is 16.6 Å². The van der Waals surface area contributed by atoms with Crippen LogP contribution in [0.3, 0.4) is 0 Å². The minimum Gasteiger partial charge on any atom is -0.386 e. The standard InChI is InChI=1S/C24H30N4O4S2/c1-24(2,30)19-18(11-25)23(34(26,31)32)33-21(19)22(29)28-20-16(9-14-5-3-6-14)12-27-13-17(20)10-15-7-4-8-15/h12-15,30H,3-10H2,1-2H3,(H2,26,31,32)(H,27,28,29). The molecule has 2 aliphatic rings. The fourth-order valence-electron chi connectivity index (χ4n) is 4.66. The molecule has 0 spiro atoms. The molecule has 0 aromatic carbocycles. The monoisotopic (exact) mass is 502 g/mol. The molecule has 182 valence electrons. The zero-order chi connectivity index (χ0) is 24.7. The molecule has 2 heterocycles. The summed E-state index contributed by atoms with van der Waals surface area (Å²) < 4.78 is 23.8. The first-order valence-corrected chi connectivity index (χ1v) is 13.9. The number of sulfonamides is 1. The van der Waals surface area contributed by atoms with Crippen molar-refractivity contribution in [2.24, 2.45) is 17.0 Å². The van der Waals surface area contributed by atoms with Gasteiger partial charge in [0.2, 0.25) is 10.0 Å². The highest BCUT2D eigenvalue weighted by atomic mass is 32.2. The fourth-order valence-corrected chi connectivity index (χ4v) is 6.84. The number of amides is 1. The summed E-state index contributed by atoms with van der Waals surface area (Å²) in [4.78, 5) is 18.0. The summed E-state index contributed by atoms with van der Waals surface area (Å²) in [6.07, 6.45) is 12.2. The zero-order valence-corrected chi connectivity index (χ0v) is 21.1. The topological polar surface area (TPSA) is 146 Å².